The average Bonchev–Trinajstić information content (AvgIpc) is 3.46. The van der Waals surface area contributed by atoms with Crippen molar-refractivity contribution >= 4 is 29.0 Å². The van der Waals surface area contributed by atoms with Gasteiger partial charge in [0.25, 0.3) is 0 Å². The number of hydrogen-bond donors (Lipinski definition) is 2. The molecule has 2 aliphatic heterocycles. The largest absolute Gasteiger partial charge is 0.347 e. The Bertz CT molecular complexity index is 1060. The lowest BCUT2D eigenvalue weighted by atomic mass is 10.0. The van der Waals surface area contributed by atoms with E-state index >= 15 is 0 Å². The van der Waals surface area contributed by atoms with Gasteiger partial charge in [-0.2, -0.15) is 0 Å². The van der Waals surface area contributed by atoms with Crippen LogP contribution < -0.4 is 10.6 Å². The lowest BCUT2D eigenvalue weighted by molar-refractivity contribution is -0.185. The molecule has 10 heteroatoms. The van der Waals surface area contributed by atoms with Gasteiger partial charge >= 0.3 is 6.03 Å². The zero-order chi connectivity index (χ0) is 21.8. The van der Waals surface area contributed by atoms with Crippen LogP contribution in [0.2, 0.25) is 0 Å². The van der Waals surface area contributed by atoms with E-state index in [1.54, 1.807) is 23.8 Å². The average molecular weight is 453 g/mol. The first kappa shape index (κ1) is 21.0. The van der Waals surface area contributed by atoms with E-state index in [-0.39, 0.29) is 11.8 Å². The van der Waals surface area contributed by atoms with Crippen LogP contribution >= 0.6 is 11.3 Å². The fourth-order valence-corrected chi connectivity index (χ4v) is 4.68. The molecular weight excluding hydrogens is 428 g/mol. The van der Waals surface area contributed by atoms with Gasteiger partial charge in [-0.1, -0.05) is 6.07 Å². The molecule has 3 aromatic heterocycles. The molecule has 32 heavy (non-hydrogen) atoms. The highest BCUT2D eigenvalue weighted by Crippen LogP contribution is 2.31. The molecule has 2 N–H and O–H groups in total. The molecule has 2 fully saturated rings. The first-order chi connectivity index (χ1) is 15.7. The Morgan fingerprint density at radius 3 is 2.56 bits per heavy atom. The highest BCUT2D eigenvalue weighted by atomic mass is 32.1. The van der Waals surface area contributed by atoms with E-state index in [9.17, 15) is 4.79 Å². The summed E-state index contributed by atoms with van der Waals surface area (Å²) in [5.74, 6) is 0.618. The Labute approximate surface area is 189 Å². The number of ether oxygens (including phenoxy) is 2. The molecule has 2 aliphatic rings. The van der Waals surface area contributed by atoms with E-state index in [0.717, 1.165) is 42.2 Å². The number of urea groups is 1. The fourth-order valence-electron chi connectivity index (χ4n) is 3.93. The van der Waals surface area contributed by atoms with E-state index in [1.165, 1.54) is 11.3 Å². The van der Waals surface area contributed by atoms with Crippen LogP contribution in [0.1, 0.15) is 18.5 Å². The van der Waals surface area contributed by atoms with Crippen LogP contribution in [0, 0.1) is 0 Å². The Morgan fingerprint density at radius 1 is 1.03 bits per heavy atom. The fraction of sp³-hybridized carbons (Fsp3) is 0.364. The van der Waals surface area contributed by atoms with Gasteiger partial charge in [-0.15, -0.1) is 11.3 Å². The van der Waals surface area contributed by atoms with Gasteiger partial charge in [0.05, 0.1) is 18.9 Å². The molecule has 2 saturated heterocycles. The number of amides is 2. The maximum absolute atomic E-state index is 12.4. The summed E-state index contributed by atoms with van der Waals surface area (Å²) >= 11 is 1.46. The minimum Gasteiger partial charge on any atom is -0.347 e. The van der Waals surface area contributed by atoms with Crippen molar-refractivity contribution in [2.24, 2.45) is 0 Å². The Morgan fingerprint density at radius 2 is 1.78 bits per heavy atom. The molecule has 0 atom stereocenters. The van der Waals surface area contributed by atoms with E-state index in [1.807, 2.05) is 24.3 Å². The number of nitrogens with zero attached hydrogens (tertiary/aromatic N) is 4. The lowest BCUT2D eigenvalue weighted by Gasteiger charge is -2.37. The molecule has 0 bridgehead atoms. The van der Waals surface area contributed by atoms with Gasteiger partial charge in [-0.05, 0) is 24.3 Å². The molecular formula is C22H24N6O3S. The van der Waals surface area contributed by atoms with Crippen LogP contribution in [0.4, 0.5) is 16.4 Å². The number of anilines is 2. The molecule has 9 nitrogen and oxygen atoms in total. The highest BCUT2D eigenvalue weighted by Gasteiger charge is 2.39. The molecule has 3 aromatic rings. The summed E-state index contributed by atoms with van der Waals surface area (Å²) in [6, 6.07) is 9.03. The molecule has 0 radical (unpaired) electrons. The number of likely N-dealkylation sites (tertiary alicyclic amines) is 1. The molecule has 0 aromatic carbocycles. The van der Waals surface area contributed by atoms with E-state index in [0.29, 0.717) is 31.4 Å². The molecule has 0 aliphatic carbocycles. The predicted octanol–water partition coefficient (Wildman–Crippen LogP) is 3.58. The molecule has 0 saturated carbocycles. The third kappa shape index (κ3) is 4.94. The van der Waals surface area contributed by atoms with Gasteiger partial charge in [0.2, 0.25) is 0 Å². The normalized spacial score (nSPS) is 18.0. The first-order valence-electron chi connectivity index (χ1n) is 10.6. The van der Waals surface area contributed by atoms with E-state index in [2.05, 4.69) is 30.5 Å². The number of hydrogen-bond acceptors (Lipinski definition) is 8. The molecule has 0 unspecified atom stereocenters. The van der Waals surface area contributed by atoms with Gasteiger partial charge in [-0.3, -0.25) is 20.5 Å². The first-order valence-corrected chi connectivity index (χ1v) is 11.5. The summed E-state index contributed by atoms with van der Waals surface area (Å²) in [4.78, 5) is 27.8. The van der Waals surface area contributed by atoms with Gasteiger partial charge < -0.3 is 9.47 Å². The molecule has 2 amide bonds. The summed E-state index contributed by atoms with van der Waals surface area (Å²) in [7, 11) is 0. The molecule has 5 heterocycles. The number of pyridine rings is 2. The second-order valence-corrected chi connectivity index (χ2v) is 8.61. The topological polar surface area (TPSA) is 102 Å². The van der Waals surface area contributed by atoms with E-state index < -0.39 is 0 Å². The second kappa shape index (κ2) is 9.29. The smallest absolute Gasteiger partial charge is 0.326 e. The zero-order valence-electron chi connectivity index (χ0n) is 17.5. The van der Waals surface area contributed by atoms with Crippen molar-refractivity contribution < 1.29 is 14.3 Å². The minimum atomic E-state index is -0.378. The maximum Gasteiger partial charge on any atom is 0.326 e. The van der Waals surface area contributed by atoms with Crippen molar-refractivity contribution in [2.75, 3.05) is 36.9 Å². The van der Waals surface area contributed by atoms with Gasteiger partial charge in [0, 0.05) is 55.8 Å². The van der Waals surface area contributed by atoms with Crippen molar-refractivity contribution in [2.45, 2.75) is 25.2 Å². The third-order valence-corrected chi connectivity index (χ3v) is 6.43. The van der Waals surface area contributed by atoms with Crippen LogP contribution in [0.25, 0.3) is 10.6 Å². The summed E-state index contributed by atoms with van der Waals surface area (Å²) in [5.41, 5.74) is 1.86. The van der Waals surface area contributed by atoms with Crippen LogP contribution in [-0.2, 0) is 16.0 Å². The van der Waals surface area contributed by atoms with Gasteiger partial charge in [-0.25, -0.2) is 14.8 Å². The third-order valence-electron chi connectivity index (χ3n) is 5.54. The molecule has 5 rings (SSSR count). The van der Waals surface area contributed by atoms with Crippen molar-refractivity contribution in [3.8, 4) is 10.6 Å². The number of piperidine rings is 1. The van der Waals surface area contributed by atoms with Crippen molar-refractivity contribution in [3.05, 3.63) is 53.8 Å². The zero-order valence-corrected chi connectivity index (χ0v) is 18.3. The van der Waals surface area contributed by atoms with Crippen LogP contribution in [0.3, 0.4) is 0 Å². The Hall–Kier alpha value is -2.92. The maximum atomic E-state index is 12.4. The minimum absolute atomic E-state index is 0.377. The SMILES string of the molecule is O=C(Nc1cccc(CN2CCC3(CC2)OCCO3)n1)Nc1csc(-c2ccncc2)n1. The predicted molar refractivity (Wildman–Crippen MR) is 121 cm³/mol. The molecule has 1 spiro atoms. The Kier molecular flexibility index (Phi) is 6.08. The number of thiazole rings is 1. The summed E-state index contributed by atoms with van der Waals surface area (Å²) < 4.78 is 11.6. The standard InChI is InChI=1S/C22H24N6O3S/c29-21(27-19-15-32-20(25-19)16-4-8-23-9-5-16)26-18-3-1-2-17(24-18)14-28-10-6-22(7-11-28)30-12-13-31-22/h1-5,8-9,15H,6-7,10-14H2,(H2,24,26,27,29). The summed E-state index contributed by atoms with van der Waals surface area (Å²) in [6.07, 6.45) is 5.16. The van der Waals surface area contributed by atoms with Crippen molar-refractivity contribution in [3.63, 3.8) is 0 Å². The van der Waals surface area contributed by atoms with Gasteiger partial charge in [0.1, 0.15) is 16.6 Å². The Balaban J connectivity index is 1.15. The van der Waals surface area contributed by atoms with Crippen LogP contribution in [0.5, 0.6) is 0 Å². The summed E-state index contributed by atoms with van der Waals surface area (Å²) in [5, 5.41) is 8.18. The number of carbonyl (C=O) groups excluding carboxylic acids is 1. The van der Waals surface area contributed by atoms with Gasteiger partial charge in [0.15, 0.2) is 5.79 Å². The lowest BCUT2D eigenvalue weighted by Crippen LogP contribution is -2.44. The summed E-state index contributed by atoms with van der Waals surface area (Å²) in [6.45, 7) is 3.87. The monoisotopic (exact) mass is 452 g/mol. The quantitative estimate of drug-likeness (QED) is 0.610. The van der Waals surface area contributed by atoms with Crippen molar-refractivity contribution in [1.29, 1.82) is 0 Å². The molecule has 166 valence electrons. The number of aromatic nitrogens is 3. The number of nitrogens with one attached hydrogen (secondary N) is 2. The number of rotatable bonds is 5. The number of carbonyl (C=O) groups is 1. The van der Waals surface area contributed by atoms with Crippen molar-refractivity contribution in [1.82, 2.24) is 19.9 Å². The highest BCUT2D eigenvalue weighted by molar-refractivity contribution is 7.13. The second-order valence-electron chi connectivity index (χ2n) is 7.75. The van der Waals surface area contributed by atoms with Crippen LogP contribution in [0.15, 0.2) is 48.1 Å². The van der Waals surface area contributed by atoms with E-state index in [4.69, 9.17) is 9.47 Å². The van der Waals surface area contributed by atoms with Crippen LogP contribution in [-0.4, -0.2) is 58.0 Å².